The van der Waals surface area contributed by atoms with Crippen molar-refractivity contribution >= 4 is 23.4 Å². The van der Waals surface area contributed by atoms with E-state index >= 15 is 0 Å². The van der Waals surface area contributed by atoms with Gasteiger partial charge in [-0.3, -0.25) is 14.4 Å². The zero-order valence-electron chi connectivity index (χ0n) is 18.4. The lowest BCUT2D eigenvalue weighted by Gasteiger charge is -2.31. The number of amides is 3. The number of para-hydroxylation sites is 1. The average molecular weight is 454 g/mol. The highest BCUT2D eigenvalue weighted by molar-refractivity contribution is 6.04. The number of rotatable bonds is 6. The maximum atomic E-state index is 13.1. The van der Waals surface area contributed by atoms with Gasteiger partial charge in [0.25, 0.3) is 11.8 Å². The fraction of sp³-hybridized carbons (Fsp3) is 0.400. The van der Waals surface area contributed by atoms with Gasteiger partial charge in [0.2, 0.25) is 5.91 Å². The summed E-state index contributed by atoms with van der Waals surface area (Å²) in [6.45, 7) is 2.05. The number of anilines is 1. The highest BCUT2D eigenvalue weighted by atomic mass is 19.1. The van der Waals surface area contributed by atoms with Crippen molar-refractivity contribution in [3.8, 4) is 0 Å². The number of piperidine rings is 1. The number of ether oxygens (including phenoxy) is 1. The number of benzene rings is 2. The van der Waals surface area contributed by atoms with Crippen LogP contribution in [0.15, 0.2) is 48.5 Å². The van der Waals surface area contributed by atoms with Crippen LogP contribution >= 0.6 is 0 Å². The van der Waals surface area contributed by atoms with Crippen LogP contribution in [0.2, 0.25) is 0 Å². The largest absolute Gasteiger partial charge is 0.376 e. The van der Waals surface area contributed by atoms with E-state index in [-0.39, 0.29) is 35.6 Å². The van der Waals surface area contributed by atoms with E-state index in [1.165, 1.54) is 24.3 Å². The molecule has 2 saturated heterocycles. The van der Waals surface area contributed by atoms with Crippen LogP contribution in [0.3, 0.4) is 0 Å². The molecule has 7 nitrogen and oxygen atoms in total. The molecule has 0 aliphatic carbocycles. The summed E-state index contributed by atoms with van der Waals surface area (Å²) < 4.78 is 18.6. The summed E-state index contributed by atoms with van der Waals surface area (Å²) in [6.07, 6.45) is 3.01. The Morgan fingerprint density at radius 3 is 2.42 bits per heavy atom. The molecule has 2 aliphatic rings. The highest BCUT2D eigenvalue weighted by Gasteiger charge is 2.28. The minimum Gasteiger partial charge on any atom is -0.376 e. The molecule has 0 saturated carbocycles. The van der Waals surface area contributed by atoms with Gasteiger partial charge in [-0.15, -0.1) is 0 Å². The van der Waals surface area contributed by atoms with Crippen LogP contribution in [-0.2, 0) is 9.53 Å². The number of carbonyl (C=O) groups is 3. The topological polar surface area (TPSA) is 87.7 Å². The van der Waals surface area contributed by atoms with E-state index in [1.807, 2.05) is 0 Å². The summed E-state index contributed by atoms with van der Waals surface area (Å²) in [5, 5.41) is 5.78. The SMILES string of the molecule is O=C(NCC1CCCO1)c1ccccc1NC(=O)C1CCN(C(=O)c2ccc(F)cc2)CC1. The van der Waals surface area contributed by atoms with Crippen LogP contribution in [0.25, 0.3) is 0 Å². The Bertz CT molecular complexity index is 997. The monoisotopic (exact) mass is 453 g/mol. The van der Waals surface area contributed by atoms with Crippen LogP contribution in [0, 0.1) is 11.7 Å². The molecule has 2 aromatic carbocycles. The van der Waals surface area contributed by atoms with Crippen molar-refractivity contribution < 1.29 is 23.5 Å². The molecule has 4 rings (SSSR count). The lowest BCUT2D eigenvalue weighted by molar-refractivity contribution is -0.121. The molecule has 8 heteroatoms. The molecule has 1 atom stereocenters. The molecule has 0 aromatic heterocycles. The lowest BCUT2D eigenvalue weighted by Crippen LogP contribution is -2.41. The fourth-order valence-electron chi connectivity index (χ4n) is 4.25. The number of halogens is 1. The van der Waals surface area contributed by atoms with E-state index in [2.05, 4.69) is 10.6 Å². The van der Waals surface area contributed by atoms with Gasteiger partial charge in [0, 0.05) is 37.7 Å². The van der Waals surface area contributed by atoms with Crippen LogP contribution < -0.4 is 10.6 Å². The Labute approximate surface area is 192 Å². The van der Waals surface area contributed by atoms with Gasteiger partial charge in [0.15, 0.2) is 0 Å². The van der Waals surface area contributed by atoms with Gasteiger partial charge in [0.05, 0.1) is 17.4 Å². The van der Waals surface area contributed by atoms with Gasteiger partial charge in [0.1, 0.15) is 5.82 Å². The first-order valence-electron chi connectivity index (χ1n) is 11.4. The molecule has 3 amide bonds. The maximum Gasteiger partial charge on any atom is 0.253 e. The van der Waals surface area contributed by atoms with Crippen molar-refractivity contribution in [1.82, 2.24) is 10.2 Å². The second kappa shape index (κ2) is 10.6. The van der Waals surface area contributed by atoms with Crippen molar-refractivity contribution in [2.24, 2.45) is 5.92 Å². The molecule has 0 bridgehead atoms. The van der Waals surface area contributed by atoms with Gasteiger partial charge < -0.3 is 20.3 Å². The molecular weight excluding hydrogens is 425 g/mol. The summed E-state index contributed by atoms with van der Waals surface area (Å²) in [4.78, 5) is 39.8. The third-order valence-electron chi connectivity index (χ3n) is 6.19. The molecule has 2 aromatic rings. The first kappa shape index (κ1) is 22.9. The molecule has 33 heavy (non-hydrogen) atoms. The van der Waals surface area contributed by atoms with E-state index in [4.69, 9.17) is 4.74 Å². The number of nitrogens with one attached hydrogen (secondary N) is 2. The van der Waals surface area contributed by atoms with Gasteiger partial charge in [-0.25, -0.2) is 4.39 Å². The Hall–Kier alpha value is -3.26. The summed E-state index contributed by atoms with van der Waals surface area (Å²) in [5.41, 5.74) is 1.31. The van der Waals surface area contributed by atoms with Crippen molar-refractivity contribution in [3.63, 3.8) is 0 Å². The van der Waals surface area contributed by atoms with Crippen molar-refractivity contribution in [2.75, 3.05) is 31.6 Å². The molecule has 2 heterocycles. The van der Waals surface area contributed by atoms with Crippen LogP contribution in [0.5, 0.6) is 0 Å². The van der Waals surface area contributed by atoms with Crippen LogP contribution in [-0.4, -0.2) is 55.0 Å². The van der Waals surface area contributed by atoms with Gasteiger partial charge >= 0.3 is 0 Å². The molecular formula is C25H28FN3O4. The number of carbonyl (C=O) groups excluding carboxylic acids is 3. The quantitative estimate of drug-likeness (QED) is 0.703. The minimum absolute atomic E-state index is 0.0403. The molecule has 2 fully saturated rings. The van der Waals surface area contributed by atoms with Gasteiger partial charge in [-0.1, -0.05) is 12.1 Å². The normalized spacial score (nSPS) is 18.7. The number of hydrogen-bond donors (Lipinski definition) is 2. The third kappa shape index (κ3) is 5.76. The summed E-state index contributed by atoms with van der Waals surface area (Å²) in [6, 6.07) is 12.4. The standard InChI is InChI=1S/C25H28FN3O4/c26-19-9-7-18(8-10-19)25(32)29-13-11-17(12-14-29)23(30)28-22-6-2-1-5-21(22)24(31)27-16-20-4-3-15-33-20/h1-2,5-10,17,20H,3-4,11-16H2,(H,27,31)(H,28,30). The van der Waals surface area contributed by atoms with E-state index < -0.39 is 0 Å². The smallest absolute Gasteiger partial charge is 0.253 e. The Morgan fingerprint density at radius 1 is 1.00 bits per heavy atom. The van der Waals surface area contributed by atoms with Crippen molar-refractivity contribution in [1.29, 1.82) is 0 Å². The lowest BCUT2D eigenvalue weighted by atomic mass is 9.95. The predicted octanol–water partition coefficient (Wildman–Crippen LogP) is 3.23. The van der Waals surface area contributed by atoms with E-state index in [1.54, 1.807) is 29.2 Å². The summed E-state index contributed by atoms with van der Waals surface area (Å²) >= 11 is 0. The Balaban J connectivity index is 1.31. The number of hydrogen-bond acceptors (Lipinski definition) is 4. The number of likely N-dealkylation sites (tertiary alicyclic amines) is 1. The van der Waals surface area contributed by atoms with Crippen LogP contribution in [0.1, 0.15) is 46.4 Å². The zero-order valence-corrected chi connectivity index (χ0v) is 18.4. The van der Waals surface area contributed by atoms with E-state index in [0.717, 1.165) is 19.4 Å². The highest BCUT2D eigenvalue weighted by Crippen LogP contribution is 2.23. The van der Waals surface area contributed by atoms with E-state index in [9.17, 15) is 18.8 Å². The van der Waals surface area contributed by atoms with Gasteiger partial charge in [-0.2, -0.15) is 0 Å². The fourth-order valence-corrected chi connectivity index (χ4v) is 4.25. The number of nitrogens with zero attached hydrogens (tertiary/aromatic N) is 1. The van der Waals surface area contributed by atoms with Gasteiger partial charge in [-0.05, 0) is 62.1 Å². The minimum atomic E-state index is -0.386. The van der Waals surface area contributed by atoms with Crippen LogP contribution in [0.4, 0.5) is 10.1 Å². The molecule has 0 radical (unpaired) electrons. The molecule has 2 N–H and O–H groups in total. The Morgan fingerprint density at radius 2 is 1.73 bits per heavy atom. The van der Waals surface area contributed by atoms with E-state index in [0.29, 0.717) is 49.3 Å². The first-order valence-corrected chi connectivity index (χ1v) is 11.4. The summed E-state index contributed by atoms with van der Waals surface area (Å²) in [5.74, 6) is -1.22. The average Bonchev–Trinajstić information content (AvgIpc) is 3.37. The molecule has 0 spiro atoms. The predicted molar refractivity (Wildman–Crippen MR) is 121 cm³/mol. The molecule has 174 valence electrons. The second-order valence-electron chi connectivity index (χ2n) is 8.45. The maximum absolute atomic E-state index is 13.1. The van der Waals surface area contributed by atoms with Crippen molar-refractivity contribution in [3.05, 3.63) is 65.5 Å². The third-order valence-corrected chi connectivity index (χ3v) is 6.19. The Kier molecular flexibility index (Phi) is 7.34. The molecule has 1 unspecified atom stereocenters. The zero-order chi connectivity index (χ0) is 23.2. The first-order chi connectivity index (χ1) is 16.0. The second-order valence-corrected chi connectivity index (χ2v) is 8.45. The van der Waals surface area contributed by atoms with Crippen molar-refractivity contribution in [2.45, 2.75) is 31.8 Å². The molecule has 2 aliphatic heterocycles. The summed E-state index contributed by atoms with van der Waals surface area (Å²) in [7, 11) is 0.